The number of carbonyl (C=O) groups is 1. The minimum Gasteiger partial charge on any atom is -0.316 e. The average Bonchev–Trinajstić information content (AvgIpc) is 2.46. The molecule has 1 fully saturated rings. The summed E-state index contributed by atoms with van der Waals surface area (Å²) in [4.78, 5) is 11.4. The van der Waals surface area contributed by atoms with E-state index in [0.29, 0.717) is 11.9 Å². The molecule has 0 aromatic heterocycles. The van der Waals surface area contributed by atoms with Gasteiger partial charge in [0.05, 0.1) is 5.54 Å². The number of hydrogen-bond donors (Lipinski definition) is 1. The normalized spacial score (nSPS) is 19.8. The fourth-order valence-electron chi connectivity index (χ4n) is 3.02. The van der Waals surface area contributed by atoms with Gasteiger partial charge in [0.25, 0.3) is 0 Å². The third kappa shape index (κ3) is 3.69. The van der Waals surface area contributed by atoms with Gasteiger partial charge in [-0.2, -0.15) is 0 Å². The molecule has 2 rings (SSSR count). The first-order valence-electron chi connectivity index (χ1n) is 7.25. The number of benzene rings is 1. The molecule has 1 aliphatic rings. The maximum atomic E-state index is 11.4. The molecule has 0 aliphatic heterocycles. The van der Waals surface area contributed by atoms with Crippen LogP contribution in [0.4, 0.5) is 0 Å². The van der Waals surface area contributed by atoms with E-state index in [-0.39, 0.29) is 0 Å². The lowest BCUT2D eigenvalue weighted by molar-refractivity contribution is -0.112. The van der Waals surface area contributed by atoms with Gasteiger partial charge in [0.1, 0.15) is 14.1 Å². The average molecular weight is 255 g/mol. The molecule has 0 spiro atoms. The largest absolute Gasteiger partial charge is 0.316 e. The van der Waals surface area contributed by atoms with Crippen LogP contribution in [0, 0.1) is 5.92 Å². The minimum atomic E-state index is -0.882. The summed E-state index contributed by atoms with van der Waals surface area (Å²) in [6.45, 7) is 0. The second-order valence-corrected chi connectivity index (χ2v) is 5.83. The first-order chi connectivity index (χ1) is 9.14. The first kappa shape index (κ1) is 14.3. The van der Waals surface area contributed by atoms with E-state index >= 15 is 0 Å². The Labute approximate surface area is 117 Å². The Morgan fingerprint density at radius 3 is 2.68 bits per heavy atom. The SMILES string of the molecule is [B]c1cccc(C(N)(C=O)CCC2CCCCC2)c1. The Balaban J connectivity index is 2.03. The second-order valence-electron chi connectivity index (χ2n) is 5.83. The number of carbonyl (C=O) groups excluding carboxylic acids is 1. The first-order valence-corrected chi connectivity index (χ1v) is 7.25. The van der Waals surface area contributed by atoms with Gasteiger partial charge in [-0.25, -0.2) is 0 Å². The van der Waals surface area contributed by atoms with Crippen molar-refractivity contribution in [1.82, 2.24) is 0 Å². The van der Waals surface area contributed by atoms with E-state index in [1.807, 2.05) is 24.3 Å². The molecule has 2 radical (unpaired) electrons. The molecule has 1 atom stereocenters. The van der Waals surface area contributed by atoms with Crippen LogP contribution >= 0.6 is 0 Å². The van der Waals surface area contributed by atoms with Crippen LogP contribution in [0.1, 0.15) is 50.5 Å². The van der Waals surface area contributed by atoms with Crippen LogP contribution in [0.3, 0.4) is 0 Å². The molecule has 3 heteroatoms. The molecular formula is C16H22BNO. The van der Waals surface area contributed by atoms with E-state index in [4.69, 9.17) is 13.6 Å². The fraction of sp³-hybridized carbons (Fsp3) is 0.562. The predicted octanol–water partition coefficient (Wildman–Crippen LogP) is 2.19. The lowest BCUT2D eigenvalue weighted by atomic mass is 9.79. The van der Waals surface area contributed by atoms with Crippen LogP contribution in [0.15, 0.2) is 24.3 Å². The van der Waals surface area contributed by atoms with E-state index < -0.39 is 5.54 Å². The topological polar surface area (TPSA) is 43.1 Å². The molecule has 0 bridgehead atoms. The lowest BCUT2D eigenvalue weighted by Gasteiger charge is -2.28. The highest BCUT2D eigenvalue weighted by Gasteiger charge is 2.28. The van der Waals surface area contributed by atoms with Crippen molar-refractivity contribution in [1.29, 1.82) is 0 Å². The van der Waals surface area contributed by atoms with E-state index in [1.165, 1.54) is 32.1 Å². The minimum absolute atomic E-state index is 0.659. The van der Waals surface area contributed by atoms with Gasteiger partial charge in [-0.05, 0) is 24.3 Å². The Kier molecular flexibility index (Phi) is 4.81. The van der Waals surface area contributed by atoms with E-state index in [9.17, 15) is 4.79 Å². The van der Waals surface area contributed by atoms with Gasteiger partial charge < -0.3 is 10.5 Å². The summed E-state index contributed by atoms with van der Waals surface area (Å²) < 4.78 is 0. The monoisotopic (exact) mass is 255 g/mol. The van der Waals surface area contributed by atoms with E-state index in [0.717, 1.165) is 24.2 Å². The van der Waals surface area contributed by atoms with Gasteiger partial charge in [0.2, 0.25) is 0 Å². The maximum Gasteiger partial charge on any atom is 0.144 e. The van der Waals surface area contributed by atoms with Crippen molar-refractivity contribution in [3.05, 3.63) is 29.8 Å². The van der Waals surface area contributed by atoms with E-state index in [2.05, 4.69) is 0 Å². The van der Waals surface area contributed by atoms with Crippen LogP contribution in [-0.4, -0.2) is 14.1 Å². The van der Waals surface area contributed by atoms with Crippen molar-refractivity contribution in [3.8, 4) is 0 Å². The fourth-order valence-corrected chi connectivity index (χ4v) is 3.02. The number of aldehydes is 1. The summed E-state index contributed by atoms with van der Waals surface area (Å²) in [5.41, 5.74) is 6.89. The van der Waals surface area contributed by atoms with Crippen LogP contribution < -0.4 is 11.2 Å². The van der Waals surface area contributed by atoms with Gasteiger partial charge in [0.15, 0.2) is 0 Å². The van der Waals surface area contributed by atoms with Gasteiger partial charge in [-0.15, -0.1) is 0 Å². The van der Waals surface area contributed by atoms with Crippen molar-refractivity contribution in [2.75, 3.05) is 0 Å². The summed E-state index contributed by atoms with van der Waals surface area (Å²) >= 11 is 0. The highest BCUT2D eigenvalue weighted by atomic mass is 16.1. The van der Waals surface area contributed by atoms with Crippen LogP contribution in [0.5, 0.6) is 0 Å². The van der Waals surface area contributed by atoms with Gasteiger partial charge >= 0.3 is 0 Å². The zero-order valence-electron chi connectivity index (χ0n) is 11.5. The molecule has 0 heterocycles. The van der Waals surface area contributed by atoms with Crippen molar-refractivity contribution in [2.24, 2.45) is 11.7 Å². The molecule has 100 valence electrons. The molecule has 2 N–H and O–H groups in total. The maximum absolute atomic E-state index is 11.4. The summed E-state index contributed by atoms with van der Waals surface area (Å²) in [5.74, 6) is 0.734. The van der Waals surface area contributed by atoms with Crippen LogP contribution in [-0.2, 0) is 10.3 Å². The molecule has 0 saturated heterocycles. The van der Waals surface area contributed by atoms with Gasteiger partial charge in [-0.3, -0.25) is 0 Å². The summed E-state index contributed by atoms with van der Waals surface area (Å²) in [6, 6.07) is 7.38. The van der Waals surface area contributed by atoms with Crippen LogP contribution in [0.25, 0.3) is 0 Å². The Morgan fingerprint density at radius 1 is 1.32 bits per heavy atom. The zero-order valence-corrected chi connectivity index (χ0v) is 11.5. The molecule has 1 unspecified atom stereocenters. The highest BCUT2D eigenvalue weighted by Crippen LogP contribution is 2.31. The van der Waals surface area contributed by atoms with E-state index in [1.54, 1.807) is 0 Å². The van der Waals surface area contributed by atoms with Gasteiger partial charge in [0, 0.05) is 0 Å². The molecule has 2 nitrogen and oxygen atoms in total. The summed E-state index contributed by atoms with van der Waals surface area (Å²) in [7, 11) is 5.78. The molecule has 1 saturated carbocycles. The summed E-state index contributed by atoms with van der Waals surface area (Å²) in [6.07, 6.45) is 9.19. The number of nitrogens with two attached hydrogens (primary N) is 1. The van der Waals surface area contributed by atoms with Gasteiger partial charge in [-0.1, -0.05) is 61.8 Å². The molecular weight excluding hydrogens is 233 g/mol. The Hall–Kier alpha value is -1.09. The summed E-state index contributed by atoms with van der Waals surface area (Å²) in [5, 5.41) is 0. The highest BCUT2D eigenvalue weighted by molar-refractivity contribution is 6.32. The smallest absolute Gasteiger partial charge is 0.144 e. The zero-order chi connectivity index (χ0) is 13.7. The predicted molar refractivity (Wildman–Crippen MR) is 79.6 cm³/mol. The third-order valence-electron chi connectivity index (χ3n) is 4.33. The molecule has 19 heavy (non-hydrogen) atoms. The van der Waals surface area contributed by atoms with Crippen molar-refractivity contribution in [3.63, 3.8) is 0 Å². The van der Waals surface area contributed by atoms with Crippen molar-refractivity contribution >= 4 is 19.6 Å². The van der Waals surface area contributed by atoms with Crippen molar-refractivity contribution in [2.45, 2.75) is 50.5 Å². The Bertz CT molecular complexity index is 429. The van der Waals surface area contributed by atoms with Crippen molar-refractivity contribution < 1.29 is 4.79 Å². The third-order valence-corrected chi connectivity index (χ3v) is 4.33. The van der Waals surface area contributed by atoms with Crippen LogP contribution in [0.2, 0.25) is 0 Å². The number of hydrogen-bond acceptors (Lipinski definition) is 2. The molecule has 0 amide bonds. The molecule has 1 aromatic carbocycles. The standard InChI is InChI=1S/C16H22BNO/c17-15-8-4-7-14(11-15)16(18,12-19)10-9-13-5-2-1-3-6-13/h4,7-8,11-13H,1-3,5-6,9-10,18H2. The molecule has 1 aromatic rings. The number of rotatable bonds is 5. The quantitative estimate of drug-likeness (QED) is 0.647. The Morgan fingerprint density at radius 2 is 2.05 bits per heavy atom. The lowest BCUT2D eigenvalue weighted by Crippen LogP contribution is -2.39. The second kappa shape index (κ2) is 6.38. The molecule has 1 aliphatic carbocycles.